The van der Waals surface area contributed by atoms with Gasteiger partial charge in [-0.1, -0.05) is 0 Å². The van der Waals surface area contributed by atoms with Crippen molar-refractivity contribution in [3.8, 4) is 0 Å². The predicted molar refractivity (Wildman–Crippen MR) is 46.3 cm³/mol. The van der Waals surface area contributed by atoms with Gasteiger partial charge in [0.15, 0.2) is 0 Å². The van der Waals surface area contributed by atoms with Crippen LogP contribution >= 0.6 is 7.94 Å². The number of aldehydes is 1. The van der Waals surface area contributed by atoms with E-state index in [1.54, 1.807) is 0 Å². The maximum absolute atomic E-state index is 10.5. The molecule has 6 nitrogen and oxygen atoms in total. The monoisotopic (exact) mass is 212 g/mol. The number of hydrogen-bond donors (Lipinski definition) is 4. The van der Waals surface area contributed by atoms with E-state index in [2.05, 4.69) is 0 Å². The average molecular weight is 212 g/mol. The van der Waals surface area contributed by atoms with Gasteiger partial charge in [0, 0.05) is 0 Å². The van der Waals surface area contributed by atoms with Gasteiger partial charge in [-0.15, -0.1) is 0 Å². The van der Waals surface area contributed by atoms with Crippen molar-refractivity contribution in [3.63, 3.8) is 0 Å². The Kier molecular flexibility index (Phi) is 5.02. The number of rotatable bonds is 6. The van der Waals surface area contributed by atoms with Gasteiger partial charge >= 0.3 is 74.5 Å². The molecule has 0 aliphatic rings. The molecule has 0 saturated carbocycles. The summed E-state index contributed by atoms with van der Waals surface area (Å²) in [6.45, 7) is 0. The molecule has 0 spiro atoms. The first-order chi connectivity index (χ1) is 5.87. The molecular weight excluding hydrogens is 199 g/mol. The van der Waals surface area contributed by atoms with Gasteiger partial charge in [0.2, 0.25) is 0 Å². The molecule has 0 aromatic rings. The van der Waals surface area contributed by atoms with Crippen LogP contribution in [-0.2, 0) is 9.59 Å². The first-order valence-electron chi connectivity index (χ1n) is 3.70. The summed E-state index contributed by atoms with van der Waals surface area (Å²) in [5.74, 6) is -2.31. The summed E-state index contributed by atoms with van der Waals surface area (Å²) >= 11 is 0. The molecule has 0 saturated heterocycles. The van der Waals surface area contributed by atoms with E-state index in [0.29, 0.717) is 6.29 Å². The molecule has 13 heavy (non-hydrogen) atoms. The van der Waals surface area contributed by atoms with E-state index in [4.69, 9.17) is 19.8 Å². The molecule has 0 aliphatic heterocycles. The second-order valence-electron chi connectivity index (χ2n) is 2.76. The molecule has 4 N–H and O–H groups in total. The van der Waals surface area contributed by atoms with Crippen molar-refractivity contribution in [3.05, 3.63) is 0 Å². The summed E-state index contributed by atoms with van der Waals surface area (Å²) in [6.07, 6.45) is 0.0121. The predicted octanol–water partition coefficient (Wildman–Crippen LogP) is -0.862. The molecule has 0 bridgehead atoms. The number of aliphatic carboxylic acids is 1. The van der Waals surface area contributed by atoms with Crippen LogP contribution < -0.4 is 0 Å². The van der Waals surface area contributed by atoms with E-state index < -0.39 is 26.0 Å². The van der Waals surface area contributed by atoms with Gasteiger partial charge in [-0.05, 0) is 0 Å². The van der Waals surface area contributed by atoms with E-state index >= 15 is 0 Å². The quantitative estimate of drug-likeness (QED) is 0.336. The molecule has 0 aromatic heterocycles. The van der Waals surface area contributed by atoms with E-state index in [9.17, 15) is 9.59 Å². The van der Waals surface area contributed by atoms with Gasteiger partial charge in [-0.25, -0.2) is 0 Å². The number of carboxylic acid groups (broad SMARTS) is 1. The van der Waals surface area contributed by atoms with Crippen LogP contribution in [0.5, 0.6) is 0 Å². The third-order valence-electron chi connectivity index (χ3n) is 1.50. The molecule has 0 radical (unpaired) electrons. The maximum atomic E-state index is 10.5. The minimum atomic E-state index is -4.33. The first kappa shape index (κ1) is 12.4. The fraction of sp³-hybridized carbons (Fsp3) is 0.667. The van der Waals surface area contributed by atoms with E-state index in [1.807, 2.05) is 0 Å². The van der Waals surface area contributed by atoms with Crippen LogP contribution in [0.4, 0.5) is 0 Å². The second-order valence-corrected chi connectivity index (χ2v) is 4.71. The van der Waals surface area contributed by atoms with Gasteiger partial charge in [0.1, 0.15) is 0 Å². The van der Waals surface area contributed by atoms with E-state index in [1.165, 1.54) is 0 Å². The zero-order chi connectivity index (χ0) is 10.5. The molecule has 0 heterocycles. The van der Waals surface area contributed by atoms with Crippen LogP contribution in [0.15, 0.2) is 0 Å². The second kappa shape index (κ2) is 5.24. The Morgan fingerprint density at radius 2 is 1.92 bits per heavy atom. The van der Waals surface area contributed by atoms with Crippen LogP contribution in [0.2, 0.25) is 0 Å². The first-order valence-corrected chi connectivity index (χ1v) is 5.75. The number of carboxylic acids is 1. The van der Waals surface area contributed by atoms with Crippen LogP contribution in [0, 0.1) is 5.92 Å². The van der Waals surface area contributed by atoms with Gasteiger partial charge in [-0.3, -0.25) is 0 Å². The Balaban J connectivity index is 4.10. The Morgan fingerprint density at radius 3 is 2.23 bits per heavy atom. The summed E-state index contributed by atoms with van der Waals surface area (Å²) in [5.41, 5.74) is 0. The van der Waals surface area contributed by atoms with Crippen molar-refractivity contribution >= 4 is 20.2 Å². The van der Waals surface area contributed by atoms with Crippen LogP contribution in [0.3, 0.4) is 0 Å². The average Bonchev–Trinajstić information content (AvgIpc) is 1.95. The fourth-order valence-corrected chi connectivity index (χ4v) is 1.95. The molecule has 1 unspecified atom stereocenters. The van der Waals surface area contributed by atoms with Gasteiger partial charge in [-0.2, -0.15) is 0 Å². The number of carbonyl (C=O) groups excluding carboxylic acids is 1. The van der Waals surface area contributed by atoms with Gasteiger partial charge in [0.25, 0.3) is 0 Å². The van der Waals surface area contributed by atoms with Crippen LogP contribution in [0.25, 0.3) is 0 Å². The number of carbonyl (C=O) groups is 2. The van der Waals surface area contributed by atoms with Crippen molar-refractivity contribution < 1.29 is 29.4 Å². The molecule has 1 atom stereocenters. The summed E-state index contributed by atoms with van der Waals surface area (Å²) < 4.78 is 0. The summed E-state index contributed by atoms with van der Waals surface area (Å²) in [7, 11) is -4.33. The third-order valence-corrected chi connectivity index (χ3v) is 2.54. The molecule has 0 fully saturated rings. The Labute approximate surface area is 75.4 Å². The summed E-state index contributed by atoms with van der Waals surface area (Å²) in [5, 5.41) is 8.54. The normalized spacial score (nSPS) is 15.0. The Hall–Kier alpha value is -0.550. The van der Waals surface area contributed by atoms with Gasteiger partial charge in [0.05, 0.1) is 0 Å². The molecule has 78 valence electrons. The van der Waals surface area contributed by atoms with Gasteiger partial charge < -0.3 is 0 Å². The summed E-state index contributed by atoms with van der Waals surface area (Å²) in [6, 6.07) is 0. The fourth-order valence-electron chi connectivity index (χ4n) is 0.913. The summed E-state index contributed by atoms with van der Waals surface area (Å²) in [4.78, 5) is 46.3. The van der Waals surface area contributed by atoms with Crippen molar-refractivity contribution in [2.75, 3.05) is 6.16 Å². The SMILES string of the molecule is O=CCCC(C[PH](O)(O)O)C(=O)O. The molecule has 0 rings (SSSR count). The van der Waals surface area contributed by atoms with Crippen molar-refractivity contribution in [2.45, 2.75) is 12.8 Å². The van der Waals surface area contributed by atoms with Crippen molar-refractivity contribution in [1.82, 2.24) is 0 Å². The Morgan fingerprint density at radius 1 is 1.38 bits per heavy atom. The number of hydrogen-bond acceptors (Lipinski definition) is 5. The standard InChI is InChI=1S/C6H13O6P/c7-3-1-2-5(6(8)9)4-13(10,11)12/h3,5,10-13H,1-2,4H2,(H,8,9). The molecule has 7 heteroatoms. The van der Waals surface area contributed by atoms with E-state index in [-0.39, 0.29) is 12.8 Å². The Bertz CT molecular complexity index is 186. The molecular formula is C6H13O6P. The zero-order valence-corrected chi connectivity index (χ0v) is 7.88. The van der Waals surface area contributed by atoms with E-state index in [0.717, 1.165) is 0 Å². The zero-order valence-electron chi connectivity index (χ0n) is 6.88. The topological polar surface area (TPSA) is 115 Å². The van der Waals surface area contributed by atoms with Crippen LogP contribution in [-0.4, -0.2) is 38.2 Å². The minimum absolute atomic E-state index is 0.00919. The van der Waals surface area contributed by atoms with Crippen LogP contribution in [0.1, 0.15) is 12.8 Å². The molecule has 0 aromatic carbocycles. The molecule has 0 aliphatic carbocycles. The molecule has 0 amide bonds. The van der Waals surface area contributed by atoms with Crippen molar-refractivity contribution in [2.24, 2.45) is 5.92 Å². The third kappa shape index (κ3) is 6.60. The van der Waals surface area contributed by atoms with Crippen molar-refractivity contribution in [1.29, 1.82) is 0 Å².